The van der Waals surface area contributed by atoms with E-state index in [1.54, 1.807) is 6.07 Å². The monoisotopic (exact) mass is 315 g/mol. The van der Waals surface area contributed by atoms with E-state index in [4.69, 9.17) is 27.9 Å². The number of nitrogens with one attached hydrogen (secondary N) is 1. The van der Waals surface area contributed by atoms with Crippen LogP contribution in [-0.2, 0) is 9.53 Å². The summed E-state index contributed by atoms with van der Waals surface area (Å²) in [7, 11) is 0. The summed E-state index contributed by atoms with van der Waals surface area (Å²) in [6.45, 7) is 3.97. The molecule has 0 aromatic heterocycles. The number of esters is 1. The van der Waals surface area contributed by atoms with Crippen molar-refractivity contribution in [1.82, 2.24) is 5.32 Å². The number of ether oxygens (including phenoxy) is 1. The average Bonchev–Trinajstić information content (AvgIpc) is 2.68. The van der Waals surface area contributed by atoms with Gasteiger partial charge in [0.1, 0.15) is 0 Å². The fraction of sp³-hybridized carbons (Fsp3) is 0.533. The van der Waals surface area contributed by atoms with Crippen LogP contribution in [0.25, 0.3) is 0 Å². The lowest BCUT2D eigenvalue weighted by molar-refractivity contribution is -0.149. The molecule has 1 saturated heterocycles. The van der Waals surface area contributed by atoms with Gasteiger partial charge in [-0.05, 0) is 56.5 Å². The molecule has 5 heteroatoms. The van der Waals surface area contributed by atoms with Crippen LogP contribution in [0, 0.1) is 5.92 Å². The molecular weight excluding hydrogens is 297 g/mol. The standard InChI is InChI=1S/C15H19Cl2NO2/c1-2-20-15(19)12-6-8-18-7-5-11(12)10-3-4-13(16)14(17)9-10/h3-4,9,11-12,18H,2,5-8H2,1H3. The van der Waals surface area contributed by atoms with Crippen molar-refractivity contribution in [3.63, 3.8) is 0 Å². The van der Waals surface area contributed by atoms with Crippen molar-refractivity contribution < 1.29 is 9.53 Å². The average molecular weight is 316 g/mol. The minimum Gasteiger partial charge on any atom is -0.466 e. The maximum atomic E-state index is 12.2. The van der Waals surface area contributed by atoms with Gasteiger partial charge in [0.15, 0.2) is 0 Å². The predicted octanol–water partition coefficient (Wildman–Crippen LogP) is 3.64. The molecule has 1 fully saturated rings. The van der Waals surface area contributed by atoms with Crippen LogP contribution in [0.5, 0.6) is 0 Å². The summed E-state index contributed by atoms with van der Waals surface area (Å²) in [5.41, 5.74) is 1.06. The van der Waals surface area contributed by atoms with Crippen LogP contribution in [-0.4, -0.2) is 25.7 Å². The molecule has 2 unspecified atom stereocenters. The van der Waals surface area contributed by atoms with Crippen LogP contribution >= 0.6 is 23.2 Å². The molecule has 0 saturated carbocycles. The van der Waals surface area contributed by atoms with Crippen LogP contribution in [0.15, 0.2) is 18.2 Å². The predicted molar refractivity (Wildman–Crippen MR) is 81.4 cm³/mol. The molecule has 1 aliphatic heterocycles. The Labute approximate surface area is 129 Å². The van der Waals surface area contributed by atoms with Gasteiger partial charge in [0.05, 0.1) is 22.6 Å². The molecule has 0 bridgehead atoms. The van der Waals surface area contributed by atoms with Crippen LogP contribution in [0.4, 0.5) is 0 Å². The van der Waals surface area contributed by atoms with Gasteiger partial charge in [0, 0.05) is 0 Å². The van der Waals surface area contributed by atoms with Gasteiger partial charge in [-0.25, -0.2) is 0 Å². The Morgan fingerprint density at radius 3 is 2.75 bits per heavy atom. The largest absolute Gasteiger partial charge is 0.466 e. The zero-order valence-corrected chi connectivity index (χ0v) is 13.0. The number of carbonyl (C=O) groups excluding carboxylic acids is 1. The van der Waals surface area contributed by atoms with Gasteiger partial charge < -0.3 is 10.1 Å². The molecule has 0 spiro atoms. The highest BCUT2D eigenvalue weighted by Gasteiger charge is 2.32. The molecule has 0 amide bonds. The van der Waals surface area contributed by atoms with Crippen molar-refractivity contribution in [3.8, 4) is 0 Å². The first kappa shape index (κ1) is 15.6. The minimum absolute atomic E-state index is 0.118. The van der Waals surface area contributed by atoms with Gasteiger partial charge in [0.25, 0.3) is 0 Å². The van der Waals surface area contributed by atoms with Gasteiger partial charge in [-0.15, -0.1) is 0 Å². The van der Waals surface area contributed by atoms with E-state index in [1.807, 2.05) is 19.1 Å². The van der Waals surface area contributed by atoms with Crippen LogP contribution in [0.1, 0.15) is 31.2 Å². The first-order valence-electron chi connectivity index (χ1n) is 6.95. The molecule has 20 heavy (non-hydrogen) atoms. The second-order valence-electron chi connectivity index (χ2n) is 4.97. The first-order valence-corrected chi connectivity index (χ1v) is 7.71. The van der Waals surface area contributed by atoms with Crippen molar-refractivity contribution in [3.05, 3.63) is 33.8 Å². The number of hydrogen-bond acceptors (Lipinski definition) is 3. The number of carbonyl (C=O) groups is 1. The van der Waals surface area contributed by atoms with Gasteiger partial charge >= 0.3 is 5.97 Å². The molecule has 3 nitrogen and oxygen atoms in total. The zero-order chi connectivity index (χ0) is 14.5. The minimum atomic E-state index is -0.123. The van der Waals surface area contributed by atoms with E-state index in [2.05, 4.69) is 5.32 Å². The number of rotatable bonds is 3. The number of benzene rings is 1. The summed E-state index contributed by atoms with van der Waals surface area (Å²) in [6.07, 6.45) is 1.67. The Morgan fingerprint density at radius 1 is 1.30 bits per heavy atom. The van der Waals surface area contributed by atoms with Crippen LogP contribution in [0.2, 0.25) is 10.0 Å². The second-order valence-corrected chi connectivity index (χ2v) is 5.78. The van der Waals surface area contributed by atoms with E-state index in [9.17, 15) is 4.79 Å². The SMILES string of the molecule is CCOC(=O)C1CCNCCC1c1ccc(Cl)c(Cl)c1. The third-order valence-corrected chi connectivity index (χ3v) is 4.45. The highest BCUT2D eigenvalue weighted by molar-refractivity contribution is 6.42. The highest BCUT2D eigenvalue weighted by atomic mass is 35.5. The van der Waals surface area contributed by atoms with Crippen molar-refractivity contribution in [1.29, 1.82) is 0 Å². The van der Waals surface area contributed by atoms with E-state index in [-0.39, 0.29) is 17.8 Å². The molecular formula is C15H19Cl2NO2. The molecule has 2 rings (SSSR count). The van der Waals surface area contributed by atoms with Gasteiger partial charge in [-0.2, -0.15) is 0 Å². The molecule has 1 aromatic carbocycles. The third kappa shape index (κ3) is 3.66. The Balaban J connectivity index is 2.27. The van der Waals surface area contributed by atoms with Crippen molar-refractivity contribution in [2.45, 2.75) is 25.7 Å². The molecule has 0 radical (unpaired) electrons. The summed E-state index contributed by atoms with van der Waals surface area (Å²) < 4.78 is 5.22. The number of halogens is 2. The molecule has 2 atom stereocenters. The third-order valence-electron chi connectivity index (χ3n) is 3.71. The van der Waals surface area contributed by atoms with Crippen molar-refractivity contribution >= 4 is 29.2 Å². The van der Waals surface area contributed by atoms with Gasteiger partial charge in [-0.3, -0.25) is 4.79 Å². The van der Waals surface area contributed by atoms with Crippen molar-refractivity contribution in [2.24, 2.45) is 5.92 Å². The van der Waals surface area contributed by atoms with E-state index in [0.717, 1.165) is 31.5 Å². The molecule has 1 N–H and O–H groups in total. The summed E-state index contributed by atoms with van der Waals surface area (Å²) in [5, 5.41) is 4.40. The smallest absolute Gasteiger partial charge is 0.309 e. The second kappa shape index (κ2) is 7.30. The lowest BCUT2D eigenvalue weighted by Gasteiger charge is -2.23. The molecule has 1 aliphatic rings. The van der Waals surface area contributed by atoms with Gasteiger partial charge in [0.2, 0.25) is 0 Å². The normalized spacial score (nSPS) is 23.1. The maximum absolute atomic E-state index is 12.2. The van der Waals surface area contributed by atoms with Crippen LogP contribution < -0.4 is 5.32 Å². The lowest BCUT2D eigenvalue weighted by atomic mass is 9.82. The molecule has 1 heterocycles. The summed E-state index contributed by atoms with van der Waals surface area (Å²) in [6, 6.07) is 5.61. The zero-order valence-electron chi connectivity index (χ0n) is 11.5. The Bertz CT molecular complexity index is 479. The topological polar surface area (TPSA) is 38.3 Å². The van der Waals surface area contributed by atoms with E-state index in [0.29, 0.717) is 16.7 Å². The Kier molecular flexibility index (Phi) is 5.70. The highest BCUT2D eigenvalue weighted by Crippen LogP contribution is 2.35. The van der Waals surface area contributed by atoms with E-state index < -0.39 is 0 Å². The fourth-order valence-electron chi connectivity index (χ4n) is 2.72. The quantitative estimate of drug-likeness (QED) is 0.865. The Morgan fingerprint density at radius 2 is 2.05 bits per heavy atom. The van der Waals surface area contributed by atoms with Crippen molar-refractivity contribution in [2.75, 3.05) is 19.7 Å². The molecule has 110 valence electrons. The maximum Gasteiger partial charge on any atom is 0.309 e. The van der Waals surface area contributed by atoms with E-state index in [1.165, 1.54) is 0 Å². The summed E-state index contributed by atoms with van der Waals surface area (Å²) in [4.78, 5) is 12.2. The Hall–Kier alpha value is -0.770. The lowest BCUT2D eigenvalue weighted by Crippen LogP contribution is -2.25. The molecule has 0 aliphatic carbocycles. The van der Waals surface area contributed by atoms with E-state index >= 15 is 0 Å². The molecule has 1 aromatic rings. The number of hydrogen-bond donors (Lipinski definition) is 1. The summed E-state index contributed by atoms with van der Waals surface area (Å²) >= 11 is 12.1. The summed E-state index contributed by atoms with van der Waals surface area (Å²) in [5.74, 6) is -0.117. The fourth-order valence-corrected chi connectivity index (χ4v) is 3.02. The first-order chi connectivity index (χ1) is 9.63. The van der Waals surface area contributed by atoms with Gasteiger partial charge in [-0.1, -0.05) is 29.3 Å². The van der Waals surface area contributed by atoms with Crippen LogP contribution in [0.3, 0.4) is 0 Å².